The number of likely N-dealkylation sites (tertiary alicyclic amines) is 1. The molecule has 0 spiro atoms. The van der Waals surface area contributed by atoms with E-state index < -0.39 is 0 Å². The topological polar surface area (TPSA) is 3.24 Å². The third kappa shape index (κ3) is 2.38. The Kier molecular flexibility index (Phi) is 2.98. The van der Waals surface area contributed by atoms with E-state index in [4.69, 9.17) is 0 Å². The summed E-state index contributed by atoms with van der Waals surface area (Å²) in [6.07, 6.45) is 2.72. The summed E-state index contributed by atoms with van der Waals surface area (Å²) in [6.45, 7) is 8.44. The zero-order valence-electron chi connectivity index (χ0n) is 6.86. The Morgan fingerprint density at radius 1 is 1.40 bits per heavy atom. The van der Waals surface area contributed by atoms with E-state index in [2.05, 4.69) is 41.3 Å². The Bertz CT molecular complexity index is 102. The van der Waals surface area contributed by atoms with Crippen LogP contribution in [-0.2, 0) is 0 Å². The maximum atomic E-state index is 2.59. The van der Waals surface area contributed by atoms with Gasteiger partial charge in [-0.1, -0.05) is 36.4 Å². The zero-order chi connectivity index (χ0) is 7.61. The first-order valence-corrected chi connectivity index (χ1v) is 5.13. The summed E-state index contributed by atoms with van der Waals surface area (Å²) in [6, 6.07) is 0. The summed E-state index contributed by atoms with van der Waals surface area (Å²) >= 11 is 2.59. The van der Waals surface area contributed by atoms with Crippen LogP contribution in [0.4, 0.5) is 0 Å². The molecule has 10 heavy (non-hydrogen) atoms. The van der Waals surface area contributed by atoms with Gasteiger partial charge in [0.1, 0.15) is 0 Å². The van der Waals surface area contributed by atoms with E-state index in [1.165, 1.54) is 32.5 Å². The maximum absolute atomic E-state index is 2.59. The van der Waals surface area contributed by atoms with E-state index in [9.17, 15) is 0 Å². The van der Waals surface area contributed by atoms with Gasteiger partial charge in [0.05, 0.1) is 0 Å². The van der Waals surface area contributed by atoms with Crippen molar-refractivity contribution in [3.05, 3.63) is 0 Å². The Balaban J connectivity index is 2.31. The summed E-state index contributed by atoms with van der Waals surface area (Å²) < 4.78 is 0.587. The average Bonchev–Trinajstić information content (AvgIpc) is 1.88. The third-order valence-corrected chi connectivity index (χ3v) is 3.42. The molecule has 0 aromatic rings. The van der Waals surface area contributed by atoms with Gasteiger partial charge in [-0.3, -0.25) is 0 Å². The lowest BCUT2D eigenvalue weighted by Gasteiger charge is -2.34. The van der Waals surface area contributed by atoms with Gasteiger partial charge in [0.15, 0.2) is 0 Å². The SMILES string of the molecule is CCN1CCC(C)(I)CC1. The second-order valence-corrected chi connectivity index (χ2v) is 5.95. The van der Waals surface area contributed by atoms with Gasteiger partial charge in [0, 0.05) is 3.42 Å². The molecule has 1 nitrogen and oxygen atoms in total. The zero-order valence-corrected chi connectivity index (χ0v) is 9.02. The van der Waals surface area contributed by atoms with Crippen LogP contribution in [0.5, 0.6) is 0 Å². The molecule has 0 amide bonds. The van der Waals surface area contributed by atoms with Gasteiger partial charge in [-0.2, -0.15) is 0 Å². The molecule has 0 aromatic heterocycles. The Morgan fingerprint density at radius 3 is 2.30 bits per heavy atom. The molecule has 0 saturated carbocycles. The molecule has 0 unspecified atom stereocenters. The summed E-state index contributed by atoms with van der Waals surface area (Å²) in [7, 11) is 0. The lowest BCUT2D eigenvalue weighted by molar-refractivity contribution is 0.222. The van der Waals surface area contributed by atoms with Crippen LogP contribution in [0.1, 0.15) is 26.7 Å². The highest BCUT2D eigenvalue weighted by Gasteiger charge is 2.25. The molecule has 60 valence electrons. The molecule has 1 rings (SSSR count). The van der Waals surface area contributed by atoms with Gasteiger partial charge < -0.3 is 4.90 Å². The fraction of sp³-hybridized carbons (Fsp3) is 1.00. The molecule has 2 heteroatoms. The van der Waals surface area contributed by atoms with Crippen LogP contribution in [0.3, 0.4) is 0 Å². The van der Waals surface area contributed by atoms with Gasteiger partial charge in [0.2, 0.25) is 0 Å². The number of alkyl halides is 1. The van der Waals surface area contributed by atoms with Gasteiger partial charge in [-0.15, -0.1) is 0 Å². The van der Waals surface area contributed by atoms with Crippen LogP contribution in [0.25, 0.3) is 0 Å². The largest absolute Gasteiger partial charge is 0.304 e. The standard InChI is InChI=1S/C8H16IN/c1-3-10-6-4-8(2,9)5-7-10/h3-7H2,1-2H3. The van der Waals surface area contributed by atoms with Crippen molar-refractivity contribution in [1.82, 2.24) is 4.90 Å². The minimum atomic E-state index is 0.587. The lowest BCUT2D eigenvalue weighted by Crippen LogP contribution is -2.38. The number of hydrogen-bond acceptors (Lipinski definition) is 1. The number of nitrogens with zero attached hydrogens (tertiary/aromatic N) is 1. The molecule has 0 aromatic carbocycles. The fourth-order valence-corrected chi connectivity index (χ4v) is 1.82. The molecule has 1 saturated heterocycles. The molecule has 0 aliphatic carbocycles. The average molecular weight is 253 g/mol. The first-order chi connectivity index (χ1) is 4.64. The minimum Gasteiger partial charge on any atom is -0.304 e. The van der Waals surface area contributed by atoms with Crippen molar-refractivity contribution in [3.8, 4) is 0 Å². The molecular formula is C8H16IN. The summed E-state index contributed by atoms with van der Waals surface area (Å²) in [4.78, 5) is 2.53. The first kappa shape index (κ1) is 8.78. The predicted octanol–water partition coefficient (Wildman–Crippen LogP) is 2.30. The second-order valence-electron chi connectivity index (χ2n) is 3.35. The predicted molar refractivity (Wildman–Crippen MR) is 53.8 cm³/mol. The fourth-order valence-electron chi connectivity index (χ4n) is 1.34. The van der Waals surface area contributed by atoms with Crippen molar-refractivity contribution in [1.29, 1.82) is 0 Å². The van der Waals surface area contributed by atoms with Crippen molar-refractivity contribution < 1.29 is 0 Å². The summed E-state index contributed by atoms with van der Waals surface area (Å²) in [5.41, 5.74) is 0. The maximum Gasteiger partial charge on any atom is 0.0218 e. The van der Waals surface area contributed by atoms with Gasteiger partial charge in [0.25, 0.3) is 0 Å². The molecule has 1 aliphatic heterocycles. The molecule has 0 atom stereocenters. The van der Waals surface area contributed by atoms with Crippen molar-refractivity contribution in [2.24, 2.45) is 0 Å². The Labute approximate surface area is 77.3 Å². The highest BCUT2D eigenvalue weighted by atomic mass is 127. The highest BCUT2D eigenvalue weighted by Crippen LogP contribution is 2.30. The minimum absolute atomic E-state index is 0.587. The lowest BCUT2D eigenvalue weighted by atomic mass is 9.99. The van der Waals surface area contributed by atoms with E-state index >= 15 is 0 Å². The number of halogens is 1. The van der Waals surface area contributed by atoms with Crippen LogP contribution >= 0.6 is 22.6 Å². The van der Waals surface area contributed by atoms with E-state index in [-0.39, 0.29) is 0 Å². The molecule has 0 bridgehead atoms. The van der Waals surface area contributed by atoms with Crippen LogP contribution in [-0.4, -0.2) is 28.0 Å². The number of hydrogen-bond donors (Lipinski definition) is 0. The summed E-state index contributed by atoms with van der Waals surface area (Å²) in [5.74, 6) is 0. The van der Waals surface area contributed by atoms with Gasteiger partial charge in [-0.05, 0) is 32.5 Å². The van der Waals surface area contributed by atoms with Crippen LogP contribution < -0.4 is 0 Å². The van der Waals surface area contributed by atoms with Crippen molar-refractivity contribution >= 4 is 22.6 Å². The molecule has 0 N–H and O–H groups in total. The van der Waals surface area contributed by atoms with Gasteiger partial charge >= 0.3 is 0 Å². The highest BCUT2D eigenvalue weighted by molar-refractivity contribution is 14.1. The number of piperidine rings is 1. The molecule has 1 heterocycles. The van der Waals surface area contributed by atoms with Crippen molar-refractivity contribution in [2.45, 2.75) is 30.1 Å². The Hall–Kier alpha value is 0.690. The normalized spacial score (nSPS) is 26.7. The first-order valence-electron chi connectivity index (χ1n) is 4.05. The van der Waals surface area contributed by atoms with E-state index in [1.54, 1.807) is 0 Å². The van der Waals surface area contributed by atoms with E-state index in [0.29, 0.717) is 3.42 Å². The third-order valence-electron chi connectivity index (χ3n) is 2.35. The molecule has 0 radical (unpaired) electrons. The summed E-state index contributed by atoms with van der Waals surface area (Å²) in [5, 5.41) is 0. The number of rotatable bonds is 1. The van der Waals surface area contributed by atoms with Gasteiger partial charge in [-0.25, -0.2) is 0 Å². The smallest absolute Gasteiger partial charge is 0.0218 e. The van der Waals surface area contributed by atoms with Crippen molar-refractivity contribution in [2.75, 3.05) is 19.6 Å². The quantitative estimate of drug-likeness (QED) is 0.512. The Morgan fingerprint density at radius 2 is 1.90 bits per heavy atom. The van der Waals surface area contributed by atoms with E-state index in [1.807, 2.05) is 0 Å². The van der Waals surface area contributed by atoms with Crippen molar-refractivity contribution in [3.63, 3.8) is 0 Å². The molecule has 1 aliphatic rings. The van der Waals surface area contributed by atoms with E-state index in [0.717, 1.165) is 0 Å². The second kappa shape index (κ2) is 3.39. The van der Waals surface area contributed by atoms with Crippen LogP contribution in [0.2, 0.25) is 0 Å². The van der Waals surface area contributed by atoms with Crippen LogP contribution in [0.15, 0.2) is 0 Å². The molecular weight excluding hydrogens is 237 g/mol. The monoisotopic (exact) mass is 253 g/mol. The van der Waals surface area contributed by atoms with Crippen LogP contribution in [0, 0.1) is 0 Å². The molecule has 1 fully saturated rings.